The molecule has 1 saturated heterocycles. The van der Waals surface area contributed by atoms with E-state index in [4.69, 9.17) is 4.52 Å². The Morgan fingerprint density at radius 3 is 2.56 bits per heavy atom. The zero-order chi connectivity index (χ0) is 23.9. The molecule has 4 aromatic rings. The Bertz CT molecular complexity index is 1440. The SMILES string of the molecule is Cc1noc(C)c1S(=O)(=O)N1CCCN(C(=O)c2cnn3c(-c4ccccc4)ccnc23)CC1. The topological polar surface area (TPSA) is 114 Å². The van der Waals surface area contributed by atoms with Crippen molar-refractivity contribution >= 4 is 21.6 Å². The van der Waals surface area contributed by atoms with Crippen LogP contribution in [0.2, 0.25) is 0 Å². The molecule has 10 nitrogen and oxygen atoms in total. The average Bonchev–Trinajstić information content (AvgIpc) is 3.32. The van der Waals surface area contributed by atoms with E-state index in [1.807, 2.05) is 36.4 Å². The van der Waals surface area contributed by atoms with E-state index in [-0.39, 0.29) is 29.7 Å². The van der Waals surface area contributed by atoms with Gasteiger partial charge < -0.3 is 9.42 Å². The van der Waals surface area contributed by atoms with Gasteiger partial charge in [-0.1, -0.05) is 35.5 Å². The molecule has 0 bridgehead atoms. The number of amides is 1. The highest BCUT2D eigenvalue weighted by Crippen LogP contribution is 2.25. The van der Waals surface area contributed by atoms with Gasteiger partial charge in [0.25, 0.3) is 5.91 Å². The zero-order valence-corrected chi connectivity index (χ0v) is 19.7. The Labute approximate surface area is 196 Å². The number of sulfonamides is 1. The van der Waals surface area contributed by atoms with Crippen LogP contribution in [0.15, 0.2) is 58.2 Å². The summed E-state index contributed by atoms with van der Waals surface area (Å²) in [4.78, 5) is 19.6. The number of carbonyl (C=O) groups excluding carboxylic acids is 1. The van der Waals surface area contributed by atoms with Gasteiger partial charge in [-0.05, 0) is 26.3 Å². The van der Waals surface area contributed by atoms with Gasteiger partial charge in [0.2, 0.25) is 10.0 Å². The van der Waals surface area contributed by atoms with Crippen LogP contribution in [0.5, 0.6) is 0 Å². The summed E-state index contributed by atoms with van der Waals surface area (Å²) >= 11 is 0. The summed E-state index contributed by atoms with van der Waals surface area (Å²) in [5.41, 5.74) is 2.99. The molecule has 1 amide bonds. The largest absolute Gasteiger partial charge is 0.360 e. The fourth-order valence-corrected chi connectivity index (χ4v) is 6.11. The second-order valence-electron chi connectivity index (χ2n) is 8.19. The molecule has 0 atom stereocenters. The van der Waals surface area contributed by atoms with Crippen molar-refractivity contribution < 1.29 is 17.7 Å². The number of aryl methyl sites for hydroxylation is 2. The zero-order valence-electron chi connectivity index (χ0n) is 18.9. The monoisotopic (exact) mass is 480 g/mol. The van der Waals surface area contributed by atoms with E-state index in [0.29, 0.717) is 36.4 Å². The summed E-state index contributed by atoms with van der Waals surface area (Å²) in [5, 5.41) is 8.20. The first-order chi connectivity index (χ1) is 16.4. The molecule has 1 aliphatic rings. The van der Waals surface area contributed by atoms with E-state index in [2.05, 4.69) is 15.2 Å². The maximum atomic E-state index is 13.4. The van der Waals surface area contributed by atoms with Crippen LogP contribution in [0.1, 0.15) is 28.2 Å². The second-order valence-corrected chi connectivity index (χ2v) is 10.1. The van der Waals surface area contributed by atoms with Crippen molar-refractivity contribution in [2.75, 3.05) is 26.2 Å². The van der Waals surface area contributed by atoms with Crippen LogP contribution in [-0.2, 0) is 10.0 Å². The highest BCUT2D eigenvalue weighted by Gasteiger charge is 2.33. The second kappa shape index (κ2) is 8.65. The first-order valence-electron chi connectivity index (χ1n) is 11.0. The van der Waals surface area contributed by atoms with Crippen LogP contribution in [-0.4, -0.2) is 69.5 Å². The number of nitrogens with zero attached hydrogens (tertiary/aromatic N) is 6. The summed E-state index contributed by atoms with van der Waals surface area (Å²) in [6.07, 6.45) is 3.70. The van der Waals surface area contributed by atoms with Crippen molar-refractivity contribution in [3.63, 3.8) is 0 Å². The maximum absolute atomic E-state index is 13.4. The third-order valence-electron chi connectivity index (χ3n) is 6.01. The molecule has 0 radical (unpaired) electrons. The van der Waals surface area contributed by atoms with Crippen molar-refractivity contribution in [1.29, 1.82) is 0 Å². The standard InChI is InChI=1S/C23H24N6O4S/c1-16-21(17(2)33-26-16)34(31,32)28-12-6-11-27(13-14-28)23(30)19-15-25-29-20(9-10-24-22(19)29)18-7-4-3-5-8-18/h3-5,7-10,15H,6,11-14H2,1-2H3. The number of hydrogen-bond donors (Lipinski definition) is 0. The van der Waals surface area contributed by atoms with Crippen molar-refractivity contribution in [3.8, 4) is 11.3 Å². The third-order valence-corrected chi connectivity index (χ3v) is 8.15. The summed E-state index contributed by atoms with van der Waals surface area (Å²) in [6.45, 7) is 4.38. The van der Waals surface area contributed by atoms with E-state index in [1.54, 1.807) is 29.5 Å². The van der Waals surface area contributed by atoms with E-state index in [0.717, 1.165) is 11.3 Å². The number of benzene rings is 1. The number of carbonyl (C=O) groups is 1. The van der Waals surface area contributed by atoms with Crippen LogP contribution in [0.3, 0.4) is 0 Å². The minimum absolute atomic E-state index is 0.104. The van der Waals surface area contributed by atoms with Gasteiger partial charge >= 0.3 is 0 Å². The maximum Gasteiger partial charge on any atom is 0.259 e. The van der Waals surface area contributed by atoms with Gasteiger partial charge in [0.05, 0.1) is 11.9 Å². The van der Waals surface area contributed by atoms with Crippen LogP contribution >= 0.6 is 0 Å². The molecule has 0 spiro atoms. The Hall–Kier alpha value is -3.57. The molecular formula is C23H24N6O4S. The molecule has 5 rings (SSSR count). The molecule has 1 fully saturated rings. The molecule has 0 N–H and O–H groups in total. The van der Waals surface area contributed by atoms with Crippen molar-refractivity contribution in [2.45, 2.75) is 25.2 Å². The van der Waals surface area contributed by atoms with Gasteiger partial charge in [-0.3, -0.25) is 4.79 Å². The normalized spacial score (nSPS) is 15.5. The quantitative estimate of drug-likeness (QED) is 0.441. The van der Waals surface area contributed by atoms with E-state index in [9.17, 15) is 13.2 Å². The van der Waals surface area contributed by atoms with Gasteiger partial charge in [-0.25, -0.2) is 17.9 Å². The minimum atomic E-state index is -3.77. The van der Waals surface area contributed by atoms with Crippen molar-refractivity contribution in [1.82, 2.24) is 29.0 Å². The first-order valence-corrected chi connectivity index (χ1v) is 12.4. The molecular weight excluding hydrogens is 456 g/mol. The highest BCUT2D eigenvalue weighted by atomic mass is 32.2. The smallest absolute Gasteiger partial charge is 0.259 e. The molecule has 176 valence electrons. The third kappa shape index (κ3) is 3.76. The van der Waals surface area contributed by atoms with E-state index in [1.165, 1.54) is 10.5 Å². The lowest BCUT2D eigenvalue weighted by Gasteiger charge is -2.21. The lowest BCUT2D eigenvalue weighted by molar-refractivity contribution is 0.0766. The summed E-state index contributed by atoms with van der Waals surface area (Å²) in [5.74, 6) is 0.0469. The molecule has 3 aromatic heterocycles. The summed E-state index contributed by atoms with van der Waals surface area (Å²) < 4.78 is 34.5. The number of hydrogen-bond acceptors (Lipinski definition) is 7. The Morgan fingerprint density at radius 1 is 1.03 bits per heavy atom. The molecule has 1 aromatic carbocycles. The van der Waals surface area contributed by atoms with Crippen molar-refractivity contribution in [2.24, 2.45) is 0 Å². The number of aromatic nitrogens is 4. The summed E-state index contributed by atoms with van der Waals surface area (Å²) in [7, 11) is -3.77. The first kappa shape index (κ1) is 22.2. The van der Waals surface area contributed by atoms with Crippen LogP contribution in [0.25, 0.3) is 16.9 Å². The van der Waals surface area contributed by atoms with Gasteiger partial charge in [-0.2, -0.15) is 9.40 Å². The highest BCUT2D eigenvalue weighted by molar-refractivity contribution is 7.89. The van der Waals surface area contributed by atoms with Crippen LogP contribution < -0.4 is 0 Å². The molecule has 0 saturated carbocycles. The molecule has 34 heavy (non-hydrogen) atoms. The lowest BCUT2D eigenvalue weighted by Crippen LogP contribution is -2.37. The minimum Gasteiger partial charge on any atom is -0.360 e. The van der Waals surface area contributed by atoms with Crippen molar-refractivity contribution in [3.05, 3.63) is 65.8 Å². The lowest BCUT2D eigenvalue weighted by atomic mass is 10.1. The molecule has 4 heterocycles. The Kier molecular flexibility index (Phi) is 5.66. The van der Waals surface area contributed by atoms with E-state index < -0.39 is 10.0 Å². The predicted octanol–water partition coefficient (Wildman–Crippen LogP) is 2.54. The predicted molar refractivity (Wildman–Crippen MR) is 124 cm³/mol. The number of rotatable bonds is 4. The summed E-state index contributed by atoms with van der Waals surface area (Å²) in [6, 6.07) is 11.6. The fraction of sp³-hybridized carbons (Fsp3) is 0.304. The molecule has 0 unspecified atom stereocenters. The van der Waals surface area contributed by atoms with Crippen LogP contribution in [0.4, 0.5) is 0 Å². The van der Waals surface area contributed by atoms with E-state index >= 15 is 0 Å². The fourth-order valence-electron chi connectivity index (χ4n) is 4.35. The molecule has 0 aliphatic carbocycles. The van der Waals surface area contributed by atoms with Gasteiger partial charge in [0.15, 0.2) is 11.4 Å². The van der Waals surface area contributed by atoms with Gasteiger partial charge in [-0.15, -0.1) is 0 Å². The number of fused-ring (bicyclic) bond motifs is 1. The van der Waals surface area contributed by atoms with Gasteiger partial charge in [0.1, 0.15) is 16.2 Å². The molecule has 1 aliphatic heterocycles. The van der Waals surface area contributed by atoms with Crippen LogP contribution in [0, 0.1) is 13.8 Å². The Balaban J connectivity index is 1.39. The molecule has 11 heteroatoms. The van der Waals surface area contributed by atoms with Gasteiger partial charge in [0, 0.05) is 37.9 Å². The Morgan fingerprint density at radius 2 is 1.82 bits per heavy atom. The average molecular weight is 481 g/mol.